The molecular weight excluding hydrogens is 384 g/mol. The molecule has 2 rings (SSSR count). The van der Waals surface area contributed by atoms with Gasteiger partial charge in [-0.05, 0) is 52.4 Å². The van der Waals surface area contributed by atoms with E-state index < -0.39 is 17.9 Å². The Kier molecular flexibility index (Phi) is 9.34. The Morgan fingerprint density at radius 1 is 1.20 bits per heavy atom. The first-order valence-corrected chi connectivity index (χ1v) is 11.4. The maximum Gasteiger partial charge on any atom is 0.310 e. The average molecular weight is 423 g/mol. The molecule has 2 aliphatic rings. The summed E-state index contributed by atoms with van der Waals surface area (Å²) in [6.07, 6.45) is 7.87. The molecule has 170 valence electrons. The van der Waals surface area contributed by atoms with Gasteiger partial charge in [-0.3, -0.25) is 14.4 Å². The monoisotopic (exact) mass is 422 g/mol. The van der Waals surface area contributed by atoms with Gasteiger partial charge < -0.3 is 20.1 Å². The summed E-state index contributed by atoms with van der Waals surface area (Å²) in [7, 11) is 0. The minimum atomic E-state index is -0.616. The summed E-state index contributed by atoms with van der Waals surface area (Å²) in [5, 5.41) is 12.0. The van der Waals surface area contributed by atoms with Gasteiger partial charge in [-0.2, -0.15) is 0 Å². The van der Waals surface area contributed by atoms with Gasteiger partial charge in [0.25, 0.3) is 0 Å². The zero-order valence-electron chi connectivity index (χ0n) is 18.8. The van der Waals surface area contributed by atoms with Gasteiger partial charge >= 0.3 is 5.97 Å². The summed E-state index contributed by atoms with van der Waals surface area (Å²) in [6.45, 7) is 8.45. The van der Waals surface area contributed by atoms with E-state index in [1.807, 2.05) is 26.0 Å². The van der Waals surface area contributed by atoms with Crippen LogP contribution >= 0.6 is 0 Å². The molecule has 0 aromatic carbocycles. The zero-order chi connectivity index (χ0) is 22.3. The van der Waals surface area contributed by atoms with Crippen molar-refractivity contribution in [2.75, 3.05) is 19.8 Å². The molecule has 0 radical (unpaired) electrons. The number of unbranched alkanes of at least 4 members (excludes halogenated alkanes) is 2. The molecule has 0 bridgehead atoms. The van der Waals surface area contributed by atoms with Crippen molar-refractivity contribution in [1.82, 2.24) is 10.2 Å². The molecular formula is C23H38N2O5. The number of nitrogens with one attached hydrogen (secondary N) is 1. The lowest BCUT2D eigenvalue weighted by Gasteiger charge is -2.34. The van der Waals surface area contributed by atoms with Gasteiger partial charge in [0.15, 0.2) is 0 Å². The van der Waals surface area contributed by atoms with Crippen LogP contribution < -0.4 is 5.32 Å². The van der Waals surface area contributed by atoms with Crippen LogP contribution in [0.5, 0.6) is 0 Å². The van der Waals surface area contributed by atoms with E-state index in [4.69, 9.17) is 9.84 Å². The number of aliphatic hydroxyl groups excluding tert-OH is 1. The van der Waals surface area contributed by atoms with Gasteiger partial charge in [-0.1, -0.05) is 25.5 Å². The molecule has 1 heterocycles. The van der Waals surface area contributed by atoms with Crippen LogP contribution in [-0.4, -0.2) is 59.6 Å². The van der Waals surface area contributed by atoms with Crippen LogP contribution in [0.25, 0.3) is 0 Å². The topological polar surface area (TPSA) is 95.9 Å². The quantitative estimate of drug-likeness (QED) is 0.303. The Labute approximate surface area is 180 Å². The number of carbonyl (C=O) groups excluding carboxylic acids is 3. The van der Waals surface area contributed by atoms with E-state index in [2.05, 4.69) is 12.2 Å². The molecule has 0 aromatic heterocycles. The fourth-order valence-electron chi connectivity index (χ4n) is 4.85. The predicted octanol–water partition coefficient (Wildman–Crippen LogP) is 2.28. The smallest absolute Gasteiger partial charge is 0.310 e. The van der Waals surface area contributed by atoms with Gasteiger partial charge in [0.2, 0.25) is 11.8 Å². The van der Waals surface area contributed by atoms with Gasteiger partial charge in [-0.15, -0.1) is 0 Å². The first-order chi connectivity index (χ1) is 14.4. The number of hydrogen-bond acceptors (Lipinski definition) is 5. The molecule has 1 aliphatic heterocycles. The Balaban J connectivity index is 2.37. The van der Waals surface area contributed by atoms with Crippen LogP contribution in [0.15, 0.2) is 12.2 Å². The van der Waals surface area contributed by atoms with Crippen molar-refractivity contribution in [3.63, 3.8) is 0 Å². The third-order valence-corrected chi connectivity index (χ3v) is 6.05. The number of nitrogens with zero attached hydrogens (tertiary/aromatic N) is 1. The molecule has 0 spiro atoms. The molecule has 7 nitrogen and oxygen atoms in total. The fraction of sp³-hybridized carbons (Fsp3) is 0.783. The molecule has 0 saturated carbocycles. The molecule has 1 aliphatic carbocycles. The second kappa shape index (κ2) is 11.5. The van der Waals surface area contributed by atoms with Crippen molar-refractivity contribution in [3.8, 4) is 0 Å². The van der Waals surface area contributed by atoms with Gasteiger partial charge in [0.1, 0.15) is 6.04 Å². The van der Waals surface area contributed by atoms with Crippen LogP contribution in [0, 0.1) is 23.7 Å². The largest absolute Gasteiger partial charge is 0.466 e. The van der Waals surface area contributed by atoms with E-state index >= 15 is 0 Å². The number of rotatable bonds is 11. The second-order valence-electron chi connectivity index (χ2n) is 8.64. The lowest BCUT2D eigenvalue weighted by molar-refractivity contribution is -0.155. The minimum absolute atomic E-state index is 0.0378. The lowest BCUT2D eigenvalue weighted by atomic mass is 9.69. The zero-order valence-corrected chi connectivity index (χ0v) is 18.8. The fourth-order valence-corrected chi connectivity index (χ4v) is 4.85. The number of likely N-dealkylation sites (tertiary alicyclic amines) is 1. The Bertz CT molecular complexity index is 633. The van der Waals surface area contributed by atoms with Gasteiger partial charge in [0, 0.05) is 25.1 Å². The molecule has 5 atom stereocenters. The minimum Gasteiger partial charge on any atom is -0.466 e. The van der Waals surface area contributed by atoms with Crippen molar-refractivity contribution in [3.05, 3.63) is 12.2 Å². The van der Waals surface area contributed by atoms with E-state index in [0.717, 1.165) is 19.3 Å². The van der Waals surface area contributed by atoms with E-state index in [-0.39, 0.29) is 48.9 Å². The molecule has 0 unspecified atom stereocenters. The van der Waals surface area contributed by atoms with E-state index in [1.165, 1.54) is 0 Å². The number of hydrogen-bond donors (Lipinski definition) is 2. The molecule has 1 fully saturated rings. The van der Waals surface area contributed by atoms with Crippen LogP contribution in [0.2, 0.25) is 0 Å². The van der Waals surface area contributed by atoms with Gasteiger partial charge in [0.05, 0.1) is 18.4 Å². The highest BCUT2D eigenvalue weighted by atomic mass is 16.5. The summed E-state index contributed by atoms with van der Waals surface area (Å²) in [4.78, 5) is 41.1. The van der Waals surface area contributed by atoms with Crippen molar-refractivity contribution < 1.29 is 24.2 Å². The maximum absolute atomic E-state index is 13.5. The third-order valence-electron chi connectivity index (χ3n) is 6.05. The number of amides is 2. The molecule has 30 heavy (non-hydrogen) atoms. The number of fused-ring (bicyclic) bond motifs is 1. The molecule has 7 heteroatoms. The van der Waals surface area contributed by atoms with Crippen molar-refractivity contribution in [2.24, 2.45) is 23.7 Å². The standard InChI is InChI=1S/C23H38N2O5/c1-5-10-16-11-12-17-19(18(16)23(29)30-6-2)22(28)25(13-8-7-9-14-26)20(17)21(27)24-15(3)4/h11-12,15-20,26H,5-10,13-14H2,1-4H3,(H,24,27)/t16-,17+,18-,19+,20+/m1/s1. The van der Waals surface area contributed by atoms with E-state index in [0.29, 0.717) is 19.4 Å². The highest BCUT2D eigenvalue weighted by Gasteiger charge is 2.57. The molecule has 2 N–H and O–H groups in total. The van der Waals surface area contributed by atoms with Crippen LogP contribution in [0.4, 0.5) is 0 Å². The Hall–Kier alpha value is -1.89. The van der Waals surface area contributed by atoms with E-state index in [9.17, 15) is 14.4 Å². The second-order valence-corrected chi connectivity index (χ2v) is 8.64. The normalized spacial score (nSPS) is 28.0. The lowest BCUT2D eigenvalue weighted by Crippen LogP contribution is -2.49. The summed E-state index contributed by atoms with van der Waals surface area (Å²) >= 11 is 0. The number of allylic oxidation sites excluding steroid dienone is 1. The summed E-state index contributed by atoms with van der Waals surface area (Å²) in [6, 6.07) is -0.654. The summed E-state index contributed by atoms with van der Waals surface area (Å²) in [5.74, 6) is -2.14. The number of ether oxygens (including phenoxy) is 1. The first kappa shape index (κ1) is 24.4. The van der Waals surface area contributed by atoms with Crippen LogP contribution in [0.1, 0.15) is 59.8 Å². The number of esters is 1. The summed E-state index contributed by atoms with van der Waals surface area (Å²) < 4.78 is 5.35. The third kappa shape index (κ3) is 5.42. The van der Waals surface area contributed by atoms with Crippen LogP contribution in [0.3, 0.4) is 0 Å². The predicted molar refractivity (Wildman–Crippen MR) is 114 cm³/mol. The highest BCUT2D eigenvalue weighted by Crippen LogP contribution is 2.45. The van der Waals surface area contributed by atoms with Crippen LogP contribution in [-0.2, 0) is 19.1 Å². The maximum atomic E-state index is 13.5. The molecule has 1 saturated heterocycles. The summed E-state index contributed by atoms with van der Waals surface area (Å²) in [5.41, 5.74) is 0. The van der Waals surface area contributed by atoms with Crippen molar-refractivity contribution >= 4 is 17.8 Å². The Morgan fingerprint density at radius 3 is 2.53 bits per heavy atom. The van der Waals surface area contributed by atoms with Gasteiger partial charge in [-0.25, -0.2) is 0 Å². The van der Waals surface area contributed by atoms with Crippen molar-refractivity contribution in [1.29, 1.82) is 0 Å². The first-order valence-electron chi connectivity index (χ1n) is 11.4. The Morgan fingerprint density at radius 2 is 1.93 bits per heavy atom. The number of aliphatic hydroxyl groups is 1. The van der Waals surface area contributed by atoms with Crippen molar-refractivity contribution in [2.45, 2.75) is 71.9 Å². The molecule has 0 aromatic rings. The molecule has 2 amide bonds. The number of carbonyl (C=O) groups is 3. The SMILES string of the molecule is CCC[C@@H]1C=C[C@H]2[C@H](C(=O)N(CCCCCO)[C@@H]2C(=O)NC(C)C)[C@@H]1C(=O)OCC. The van der Waals surface area contributed by atoms with E-state index in [1.54, 1.807) is 11.8 Å². The average Bonchev–Trinajstić information content (AvgIpc) is 2.97. The highest BCUT2D eigenvalue weighted by molar-refractivity contribution is 5.96.